The maximum Gasteiger partial charge on any atom is 0.416 e. The van der Waals surface area contributed by atoms with Crippen LogP contribution in [-0.4, -0.2) is 25.5 Å². The Labute approximate surface area is 198 Å². The number of rotatable bonds is 4. The van der Waals surface area contributed by atoms with Gasteiger partial charge < -0.3 is 5.32 Å². The van der Waals surface area contributed by atoms with Gasteiger partial charge in [-0.1, -0.05) is 24.3 Å². The van der Waals surface area contributed by atoms with E-state index >= 15 is 0 Å². The molecule has 5 rings (SSSR count). The SMILES string of the molecule is Cc1ccc(C(=O)Nc2cccc(-c3ccnc4c(-c5ccccn5)cnn34)c2)cc1C(F)(F)F. The number of benzene rings is 2. The first kappa shape index (κ1) is 22.3. The van der Waals surface area contributed by atoms with Crippen molar-refractivity contribution < 1.29 is 18.0 Å². The van der Waals surface area contributed by atoms with E-state index in [9.17, 15) is 18.0 Å². The fourth-order valence-electron chi connectivity index (χ4n) is 3.84. The first-order valence-corrected chi connectivity index (χ1v) is 10.6. The molecule has 0 aliphatic carbocycles. The topological polar surface area (TPSA) is 72.2 Å². The van der Waals surface area contributed by atoms with Gasteiger partial charge in [0.05, 0.1) is 28.7 Å². The van der Waals surface area contributed by atoms with Crippen molar-refractivity contribution in [1.82, 2.24) is 19.6 Å². The molecule has 5 aromatic rings. The standard InChI is InChI=1S/C26H18F3N5O/c1-16-8-9-18(14-21(16)26(27,28)29)25(35)33-19-6-4-5-17(13-19)23-10-12-31-24-20(15-32-34(23)24)22-7-2-3-11-30-22/h2-15H,1H3,(H,33,35). The number of hydrogen-bond acceptors (Lipinski definition) is 4. The highest BCUT2D eigenvalue weighted by atomic mass is 19.4. The van der Waals surface area contributed by atoms with E-state index in [4.69, 9.17) is 0 Å². The summed E-state index contributed by atoms with van der Waals surface area (Å²) in [6.45, 7) is 1.36. The molecule has 0 aliphatic rings. The molecule has 3 heterocycles. The number of fused-ring (bicyclic) bond motifs is 1. The number of carbonyl (C=O) groups is 1. The molecule has 0 atom stereocenters. The number of alkyl halides is 3. The van der Waals surface area contributed by atoms with Crippen LogP contribution in [0.3, 0.4) is 0 Å². The Morgan fingerprint density at radius 3 is 2.57 bits per heavy atom. The van der Waals surface area contributed by atoms with Gasteiger partial charge in [-0.3, -0.25) is 9.78 Å². The Kier molecular flexibility index (Phi) is 5.52. The number of amides is 1. The number of aryl methyl sites for hydroxylation is 1. The molecule has 3 aromatic heterocycles. The number of anilines is 1. The Bertz CT molecular complexity index is 1540. The Morgan fingerprint density at radius 2 is 1.80 bits per heavy atom. The predicted molar refractivity (Wildman–Crippen MR) is 126 cm³/mol. The molecule has 1 N–H and O–H groups in total. The molecule has 0 saturated carbocycles. The summed E-state index contributed by atoms with van der Waals surface area (Å²) in [5.41, 5.74) is 3.18. The van der Waals surface area contributed by atoms with Crippen molar-refractivity contribution in [3.63, 3.8) is 0 Å². The minimum Gasteiger partial charge on any atom is -0.322 e. The molecule has 35 heavy (non-hydrogen) atoms. The molecule has 0 radical (unpaired) electrons. The zero-order valence-electron chi connectivity index (χ0n) is 18.4. The summed E-state index contributed by atoms with van der Waals surface area (Å²) in [6, 6.07) is 17.9. The van der Waals surface area contributed by atoms with E-state index in [1.807, 2.05) is 24.3 Å². The Hall–Kier alpha value is -4.53. The van der Waals surface area contributed by atoms with Crippen molar-refractivity contribution in [1.29, 1.82) is 0 Å². The highest BCUT2D eigenvalue weighted by molar-refractivity contribution is 6.04. The summed E-state index contributed by atoms with van der Waals surface area (Å²) in [5, 5.41) is 7.15. The third-order valence-corrected chi connectivity index (χ3v) is 5.56. The Balaban J connectivity index is 1.46. The van der Waals surface area contributed by atoms with E-state index in [1.54, 1.807) is 47.4 Å². The van der Waals surface area contributed by atoms with E-state index in [-0.39, 0.29) is 11.1 Å². The van der Waals surface area contributed by atoms with Crippen LogP contribution in [0.2, 0.25) is 0 Å². The van der Waals surface area contributed by atoms with Gasteiger partial charge in [0.2, 0.25) is 0 Å². The van der Waals surface area contributed by atoms with Crippen LogP contribution in [-0.2, 0) is 6.18 Å². The fraction of sp³-hybridized carbons (Fsp3) is 0.0769. The molecule has 0 bridgehead atoms. The van der Waals surface area contributed by atoms with E-state index in [0.29, 0.717) is 11.3 Å². The number of aromatic nitrogens is 4. The van der Waals surface area contributed by atoms with Crippen LogP contribution in [0, 0.1) is 6.92 Å². The number of nitrogens with zero attached hydrogens (tertiary/aromatic N) is 4. The normalized spacial score (nSPS) is 11.5. The van der Waals surface area contributed by atoms with E-state index < -0.39 is 17.6 Å². The number of carbonyl (C=O) groups excluding carboxylic acids is 1. The smallest absolute Gasteiger partial charge is 0.322 e. The summed E-state index contributed by atoms with van der Waals surface area (Å²) in [6.07, 6.45) is 0.510. The van der Waals surface area contributed by atoms with Crippen LogP contribution in [0.1, 0.15) is 21.5 Å². The maximum absolute atomic E-state index is 13.2. The molecular formula is C26H18F3N5O. The highest BCUT2D eigenvalue weighted by Gasteiger charge is 2.33. The zero-order chi connectivity index (χ0) is 24.6. The quantitative estimate of drug-likeness (QED) is 0.346. The molecule has 0 unspecified atom stereocenters. The molecule has 1 amide bonds. The molecule has 0 aliphatic heterocycles. The number of nitrogens with one attached hydrogen (secondary N) is 1. The molecule has 6 nitrogen and oxygen atoms in total. The van der Waals surface area contributed by atoms with Crippen molar-refractivity contribution in [2.75, 3.05) is 5.32 Å². The van der Waals surface area contributed by atoms with Crippen molar-refractivity contribution in [2.45, 2.75) is 13.1 Å². The number of halogens is 3. The molecule has 2 aromatic carbocycles. The van der Waals surface area contributed by atoms with Crippen molar-refractivity contribution in [3.8, 4) is 22.5 Å². The Morgan fingerprint density at radius 1 is 0.943 bits per heavy atom. The monoisotopic (exact) mass is 473 g/mol. The molecule has 0 spiro atoms. The van der Waals surface area contributed by atoms with E-state index in [2.05, 4.69) is 20.4 Å². The summed E-state index contributed by atoms with van der Waals surface area (Å²) in [5.74, 6) is -0.635. The molecule has 0 saturated heterocycles. The first-order chi connectivity index (χ1) is 16.8. The zero-order valence-corrected chi connectivity index (χ0v) is 18.4. The van der Waals surface area contributed by atoms with E-state index in [0.717, 1.165) is 28.6 Å². The van der Waals surface area contributed by atoms with E-state index in [1.165, 1.54) is 19.1 Å². The highest BCUT2D eigenvalue weighted by Crippen LogP contribution is 2.33. The van der Waals surface area contributed by atoms with Crippen LogP contribution in [0.4, 0.5) is 18.9 Å². The average molecular weight is 473 g/mol. The lowest BCUT2D eigenvalue weighted by Crippen LogP contribution is -2.15. The van der Waals surface area contributed by atoms with Gasteiger partial charge in [0, 0.05) is 29.2 Å². The van der Waals surface area contributed by atoms with Crippen LogP contribution in [0.25, 0.3) is 28.2 Å². The van der Waals surface area contributed by atoms with Gasteiger partial charge in [-0.05, 0) is 55.0 Å². The lowest BCUT2D eigenvalue weighted by Gasteiger charge is -2.13. The van der Waals surface area contributed by atoms with Gasteiger partial charge in [0.15, 0.2) is 5.65 Å². The van der Waals surface area contributed by atoms with Gasteiger partial charge in [-0.25, -0.2) is 9.50 Å². The van der Waals surface area contributed by atoms with Crippen LogP contribution in [0.15, 0.2) is 85.3 Å². The molecular weight excluding hydrogens is 455 g/mol. The number of pyridine rings is 1. The average Bonchev–Trinajstić information content (AvgIpc) is 3.28. The van der Waals surface area contributed by atoms with Gasteiger partial charge in [-0.2, -0.15) is 18.3 Å². The maximum atomic E-state index is 13.2. The van der Waals surface area contributed by atoms with Crippen molar-refractivity contribution >= 4 is 17.2 Å². The number of hydrogen-bond donors (Lipinski definition) is 1. The third-order valence-electron chi connectivity index (χ3n) is 5.56. The second-order valence-electron chi connectivity index (χ2n) is 7.90. The molecule has 9 heteroatoms. The molecule has 174 valence electrons. The van der Waals surface area contributed by atoms with Crippen LogP contribution < -0.4 is 5.32 Å². The van der Waals surface area contributed by atoms with Gasteiger partial charge >= 0.3 is 6.18 Å². The predicted octanol–water partition coefficient (Wildman–Crippen LogP) is 6.04. The summed E-state index contributed by atoms with van der Waals surface area (Å²) in [7, 11) is 0. The van der Waals surface area contributed by atoms with Crippen molar-refractivity contribution in [3.05, 3.63) is 102 Å². The lowest BCUT2D eigenvalue weighted by atomic mass is 10.0. The summed E-state index contributed by atoms with van der Waals surface area (Å²) >= 11 is 0. The minimum absolute atomic E-state index is 0.0575. The second-order valence-corrected chi connectivity index (χ2v) is 7.90. The largest absolute Gasteiger partial charge is 0.416 e. The first-order valence-electron chi connectivity index (χ1n) is 10.6. The minimum atomic E-state index is -4.54. The third kappa shape index (κ3) is 4.35. The van der Waals surface area contributed by atoms with Gasteiger partial charge in [0.1, 0.15) is 0 Å². The van der Waals surface area contributed by atoms with Crippen LogP contribution in [0.5, 0.6) is 0 Å². The van der Waals surface area contributed by atoms with Crippen LogP contribution >= 0.6 is 0 Å². The summed E-state index contributed by atoms with van der Waals surface area (Å²) in [4.78, 5) is 21.5. The van der Waals surface area contributed by atoms with Gasteiger partial charge in [0.25, 0.3) is 5.91 Å². The summed E-state index contributed by atoms with van der Waals surface area (Å²) < 4.78 is 41.4. The van der Waals surface area contributed by atoms with Crippen molar-refractivity contribution in [2.24, 2.45) is 0 Å². The molecule has 0 fully saturated rings. The fourth-order valence-corrected chi connectivity index (χ4v) is 3.84. The van der Waals surface area contributed by atoms with Gasteiger partial charge in [-0.15, -0.1) is 0 Å². The second kappa shape index (κ2) is 8.68. The lowest BCUT2D eigenvalue weighted by molar-refractivity contribution is -0.138.